The molecule has 0 unspecified atom stereocenters. The van der Waals surface area contributed by atoms with Crippen LogP contribution in [-0.2, 0) is 21.3 Å². The van der Waals surface area contributed by atoms with Crippen LogP contribution in [0.25, 0.3) is 0 Å². The lowest BCUT2D eigenvalue weighted by molar-refractivity contribution is -0.386. The highest BCUT2D eigenvalue weighted by atomic mass is 32.2. The maximum Gasteiger partial charge on any atom is 0.312 e. The Labute approximate surface area is 198 Å². The van der Waals surface area contributed by atoms with Crippen molar-refractivity contribution in [1.29, 1.82) is 0 Å². The summed E-state index contributed by atoms with van der Waals surface area (Å²) in [4.78, 5) is 23.6. The molecule has 0 N–H and O–H groups in total. The maximum absolute atomic E-state index is 12.9. The number of Topliss-reactive ketones (excluding diaryl/α,β-unsaturated/α-hetero) is 1. The smallest absolute Gasteiger partial charge is 0.312 e. The Bertz CT molecular complexity index is 1190. The lowest BCUT2D eigenvalue weighted by Crippen LogP contribution is -2.27. The fourth-order valence-corrected chi connectivity index (χ4v) is 6.11. The molecule has 0 saturated carbocycles. The fourth-order valence-electron chi connectivity index (χ4n) is 4.58. The molecule has 4 rings (SSSR count). The van der Waals surface area contributed by atoms with Crippen LogP contribution in [0.2, 0.25) is 0 Å². The predicted octanol–water partition coefficient (Wildman–Crippen LogP) is 3.24. The molecule has 1 aromatic carbocycles. The van der Waals surface area contributed by atoms with Gasteiger partial charge in [0, 0.05) is 49.3 Å². The number of ether oxygens (including phenoxy) is 2. The summed E-state index contributed by atoms with van der Waals surface area (Å²) in [5.41, 5.74) is 1.73. The summed E-state index contributed by atoms with van der Waals surface area (Å²) in [6.45, 7) is 5.59. The van der Waals surface area contributed by atoms with Crippen molar-refractivity contribution in [2.24, 2.45) is 0 Å². The molecule has 0 amide bonds. The first-order valence-electron chi connectivity index (χ1n) is 11.4. The molecule has 184 valence electrons. The molecule has 2 aliphatic heterocycles. The van der Waals surface area contributed by atoms with Crippen LogP contribution in [0.3, 0.4) is 0 Å². The van der Waals surface area contributed by atoms with Gasteiger partial charge in [-0.2, -0.15) is 4.31 Å². The Balaban J connectivity index is 1.50. The van der Waals surface area contributed by atoms with Crippen LogP contribution < -0.4 is 4.74 Å². The molecule has 11 heteroatoms. The molecule has 2 saturated heterocycles. The first kappa shape index (κ1) is 24.4. The number of hydrogen-bond donors (Lipinski definition) is 0. The second-order valence-electron chi connectivity index (χ2n) is 8.74. The molecule has 0 aliphatic carbocycles. The molecule has 0 radical (unpaired) electrons. The van der Waals surface area contributed by atoms with Gasteiger partial charge in [-0.25, -0.2) is 8.42 Å². The van der Waals surface area contributed by atoms with E-state index in [2.05, 4.69) is 0 Å². The number of nitro groups is 1. The van der Waals surface area contributed by atoms with Crippen LogP contribution in [0.5, 0.6) is 5.75 Å². The summed E-state index contributed by atoms with van der Waals surface area (Å²) in [7, 11) is -3.81. The molecule has 34 heavy (non-hydrogen) atoms. The van der Waals surface area contributed by atoms with Crippen molar-refractivity contribution in [1.82, 2.24) is 8.87 Å². The number of rotatable bonds is 9. The summed E-state index contributed by atoms with van der Waals surface area (Å²) in [6.07, 6.45) is 3.66. The zero-order chi connectivity index (χ0) is 24.5. The zero-order valence-electron chi connectivity index (χ0n) is 19.4. The van der Waals surface area contributed by atoms with Crippen molar-refractivity contribution in [3.63, 3.8) is 0 Å². The number of aryl methyl sites for hydroxylation is 1. The average molecular weight is 492 g/mol. The topological polar surface area (TPSA) is 121 Å². The van der Waals surface area contributed by atoms with Crippen LogP contribution in [0.15, 0.2) is 29.2 Å². The Kier molecular flexibility index (Phi) is 7.06. The first-order valence-corrected chi connectivity index (χ1v) is 12.9. The van der Waals surface area contributed by atoms with E-state index in [4.69, 9.17) is 9.47 Å². The van der Waals surface area contributed by atoms with Gasteiger partial charge in [-0.1, -0.05) is 0 Å². The lowest BCUT2D eigenvalue weighted by Gasteiger charge is -2.16. The molecular formula is C23H29N3O7S. The van der Waals surface area contributed by atoms with Gasteiger partial charge in [-0.15, -0.1) is 0 Å². The van der Waals surface area contributed by atoms with Gasteiger partial charge in [0.05, 0.1) is 15.9 Å². The van der Waals surface area contributed by atoms with E-state index in [-0.39, 0.29) is 22.5 Å². The van der Waals surface area contributed by atoms with E-state index in [9.17, 15) is 23.3 Å². The van der Waals surface area contributed by atoms with Crippen molar-refractivity contribution in [3.8, 4) is 5.75 Å². The van der Waals surface area contributed by atoms with Crippen LogP contribution in [0.1, 0.15) is 47.4 Å². The minimum Gasteiger partial charge on any atom is -0.478 e. The quantitative estimate of drug-likeness (QED) is 0.300. The molecule has 0 bridgehead atoms. The van der Waals surface area contributed by atoms with E-state index in [0.29, 0.717) is 25.2 Å². The van der Waals surface area contributed by atoms with Gasteiger partial charge in [0.25, 0.3) is 0 Å². The van der Waals surface area contributed by atoms with Gasteiger partial charge in [-0.3, -0.25) is 14.9 Å². The summed E-state index contributed by atoms with van der Waals surface area (Å²) < 4.78 is 40.1. The van der Waals surface area contributed by atoms with Gasteiger partial charge < -0.3 is 14.0 Å². The molecule has 2 fully saturated rings. The molecule has 0 spiro atoms. The molecule has 2 aliphatic rings. The SMILES string of the molecule is Cc1cc(C(=O)COc2ccc(S(=O)(=O)N3CCCC3)cc2[N+](=O)[O-])c(C)n1C[C@@H]1CCCO1. The monoisotopic (exact) mass is 491 g/mol. The molecule has 10 nitrogen and oxygen atoms in total. The number of hydrogen-bond acceptors (Lipinski definition) is 7. The standard InChI is InChI=1S/C23H29N3O7S/c1-16-12-20(17(2)25(16)14-18-6-5-11-32-18)22(27)15-33-23-8-7-19(13-21(23)26(28)29)34(30,31)24-9-3-4-10-24/h7-8,12-13,18H,3-6,9-11,14-15H2,1-2H3/t18-/m0/s1. The minimum absolute atomic E-state index is 0.127. The molecular weight excluding hydrogens is 462 g/mol. The summed E-state index contributed by atoms with van der Waals surface area (Å²) in [5.74, 6) is -0.457. The molecule has 1 atom stereocenters. The summed E-state index contributed by atoms with van der Waals surface area (Å²) >= 11 is 0. The van der Waals surface area contributed by atoms with Gasteiger partial charge in [-0.05, 0) is 57.7 Å². The number of sulfonamides is 1. The number of aromatic nitrogens is 1. The number of ketones is 1. The number of nitro benzene ring substituents is 1. The third-order valence-electron chi connectivity index (χ3n) is 6.47. The van der Waals surface area contributed by atoms with Crippen molar-refractivity contribution >= 4 is 21.5 Å². The van der Waals surface area contributed by atoms with Gasteiger partial charge in [0.15, 0.2) is 12.4 Å². The van der Waals surface area contributed by atoms with Crippen molar-refractivity contribution in [2.45, 2.75) is 57.1 Å². The summed E-state index contributed by atoms with van der Waals surface area (Å²) in [6, 6.07) is 5.32. The van der Waals surface area contributed by atoms with E-state index in [1.54, 1.807) is 6.07 Å². The van der Waals surface area contributed by atoms with Gasteiger partial charge >= 0.3 is 5.69 Å². The molecule has 2 aromatic rings. The van der Waals surface area contributed by atoms with E-state index in [1.807, 2.05) is 18.4 Å². The third kappa shape index (κ3) is 4.86. The van der Waals surface area contributed by atoms with Crippen LogP contribution in [0, 0.1) is 24.0 Å². The Morgan fingerprint density at radius 1 is 1.21 bits per heavy atom. The fraction of sp³-hybridized carbons (Fsp3) is 0.522. The van der Waals surface area contributed by atoms with Gasteiger partial charge in [0.2, 0.25) is 15.8 Å². The Morgan fingerprint density at radius 2 is 1.94 bits per heavy atom. The Hall–Kier alpha value is -2.76. The number of benzene rings is 1. The van der Waals surface area contributed by atoms with Crippen molar-refractivity contribution in [3.05, 3.63) is 51.3 Å². The van der Waals surface area contributed by atoms with E-state index in [1.165, 1.54) is 16.4 Å². The Morgan fingerprint density at radius 3 is 2.59 bits per heavy atom. The van der Waals surface area contributed by atoms with Crippen LogP contribution in [0.4, 0.5) is 5.69 Å². The minimum atomic E-state index is -3.81. The number of nitrogens with zero attached hydrogens (tertiary/aromatic N) is 3. The third-order valence-corrected chi connectivity index (χ3v) is 8.37. The first-order chi connectivity index (χ1) is 16.2. The zero-order valence-corrected chi connectivity index (χ0v) is 20.2. The van der Waals surface area contributed by atoms with E-state index in [0.717, 1.165) is 49.7 Å². The highest BCUT2D eigenvalue weighted by Gasteiger charge is 2.30. The van der Waals surface area contributed by atoms with E-state index >= 15 is 0 Å². The van der Waals surface area contributed by atoms with Crippen molar-refractivity contribution in [2.75, 3.05) is 26.3 Å². The normalized spacial score (nSPS) is 18.9. The average Bonchev–Trinajstić information content (AvgIpc) is 3.57. The second-order valence-corrected chi connectivity index (χ2v) is 10.7. The van der Waals surface area contributed by atoms with Crippen molar-refractivity contribution < 1.29 is 27.6 Å². The molecule has 3 heterocycles. The van der Waals surface area contributed by atoms with Crippen LogP contribution >= 0.6 is 0 Å². The summed E-state index contributed by atoms with van der Waals surface area (Å²) in [5, 5.41) is 11.6. The largest absolute Gasteiger partial charge is 0.478 e. The predicted molar refractivity (Wildman–Crippen MR) is 124 cm³/mol. The highest BCUT2D eigenvalue weighted by molar-refractivity contribution is 7.89. The maximum atomic E-state index is 12.9. The second kappa shape index (κ2) is 9.85. The van der Waals surface area contributed by atoms with Crippen LogP contribution in [-0.4, -0.2) is 60.4 Å². The lowest BCUT2D eigenvalue weighted by atomic mass is 10.1. The van der Waals surface area contributed by atoms with Gasteiger partial charge in [0.1, 0.15) is 0 Å². The highest BCUT2D eigenvalue weighted by Crippen LogP contribution is 2.32. The van der Waals surface area contributed by atoms with E-state index < -0.39 is 27.2 Å². The number of carbonyl (C=O) groups excluding carboxylic acids is 1. The molecule has 1 aromatic heterocycles. The number of carbonyl (C=O) groups is 1.